The van der Waals surface area contributed by atoms with Crippen molar-refractivity contribution < 1.29 is 19.2 Å². The standard InChI is InChI=1S/C18H17N3O5/c1-3-26-18(22)15-10-13-14(7-8-16(21(23)24)17(13)20-15)19-11-5-4-6-12(9-11)25-2/h4-10,19-20H,3H2,1-2H3. The molecule has 0 bridgehead atoms. The summed E-state index contributed by atoms with van der Waals surface area (Å²) in [5.41, 5.74) is 1.66. The number of carbonyl (C=O) groups excluding carboxylic acids is 1. The molecule has 2 aromatic carbocycles. The maximum Gasteiger partial charge on any atom is 0.354 e. The van der Waals surface area contributed by atoms with Gasteiger partial charge in [0.25, 0.3) is 5.69 Å². The van der Waals surface area contributed by atoms with Gasteiger partial charge in [-0.25, -0.2) is 4.79 Å². The maximum absolute atomic E-state index is 12.0. The second-order valence-electron chi connectivity index (χ2n) is 5.44. The van der Waals surface area contributed by atoms with Crippen LogP contribution in [0.1, 0.15) is 17.4 Å². The predicted octanol–water partition coefficient (Wildman–Crippen LogP) is 4.01. The lowest BCUT2D eigenvalue weighted by Crippen LogP contribution is -2.04. The van der Waals surface area contributed by atoms with Gasteiger partial charge in [0.15, 0.2) is 0 Å². The van der Waals surface area contributed by atoms with E-state index >= 15 is 0 Å². The molecule has 3 rings (SSSR count). The van der Waals surface area contributed by atoms with Crippen LogP contribution >= 0.6 is 0 Å². The number of ether oxygens (including phenoxy) is 2. The summed E-state index contributed by atoms with van der Waals surface area (Å²) in [7, 11) is 1.57. The number of non-ortho nitro benzene ring substituents is 1. The SMILES string of the molecule is CCOC(=O)c1cc2c(Nc3cccc(OC)c3)ccc([N+](=O)[O-])c2[nH]1. The molecule has 0 spiro atoms. The summed E-state index contributed by atoms with van der Waals surface area (Å²) in [4.78, 5) is 25.6. The number of methoxy groups -OCH3 is 1. The number of H-pyrrole nitrogens is 1. The van der Waals surface area contributed by atoms with Crippen LogP contribution in [0.3, 0.4) is 0 Å². The van der Waals surface area contributed by atoms with Crippen molar-refractivity contribution in [2.24, 2.45) is 0 Å². The van der Waals surface area contributed by atoms with Crippen LogP contribution in [0.5, 0.6) is 5.75 Å². The molecule has 2 N–H and O–H groups in total. The Kier molecular flexibility index (Phi) is 4.74. The number of nitro groups is 1. The zero-order valence-corrected chi connectivity index (χ0v) is 14.2. The lowest BCUT2D eigenvalue weighted by atomic mass is 10.1. The minimum absolute atomic E-state index is 0.119. The fraction of sp³-hybridized carbons (Fsp3) is 0.167. The number of aromatic amines is 1. The molecule has 0 amide bonds. The Morgan fingerprint density at radius 2 is 2.08 bits per heavy atom. The number of nitro benzene ring substituents is 1. The van der Waals surface area contributed by atoms with Crippen molar-refractivity contribution in [1.29, 1.82) is 0 Å². The molecule has 8 heteroatoms. The van der Waals surface area contributed by atoms with Crippen LogP contribution in [0.15, 0.2) is 42.5 Å². The van der Waals surface area contributed by atoms with Crippen molar-refractivity contribution in [3.63, 3.8) is 0 Å². The molecular weight excluding hydrogens is 338 g/mol. The molecule has 0 saturated heterocycles. The van der Waals surface area contributed by atoms with E-state index in [-0.39, 0.29) is 23.5 Å². The lowest BCUT2D eigenvalue weighted by Gasteiger charge is -2.09. The van der Waals surface area contributed by atoms with E-state index in [0.717, 1.165) is 5.69 Å². The van der Waals surface area contributed by atoms with Crippen LogP contribution in [0.2, 0.25) is 0 Å². The fourth-order valence-electron chi connectivity index (χ4n) is 2.64. The van der Waals surface area contributed by atoms with Crippen LogP contribution in [-0.2, 0) is 4.74 Å². The number of fused-ring (bicyclic) bond motifs is 1. The Bertz CT molecular complexity index is 980. The van der Waals surface area contributed by atoms with E-state index in [9.17, 15) is 14.9 Å². The van der Waals surface area contributed by atoms with Crippen molar-refractivity contribution in [2.45, 2.75) is 6.92 Å². The van der Waals surface area contributed by atoms with Gasteiger partial charge in [-0.05, 0) is 31.2 Å². The molecule has 1 heterocycles. The summed E-state index contributed by atoms with van der Waals surface area (Å²) in [6.07, 6.45) is 0. The number of nitrogens with zero attached hydrogens (tertiary/aromatic N) is 1. The fourth-order valence-corrected chi connectivity index (χ4v) is 2.64. The highest BCUT2D eigenvalue weighted by atomic mass is 16.6. The van der Waals surface area contributed by atoms with Crippen LogP contribution in [0, 0.1) is 10.1 Å². The van der Waals surface area contributed by atoms with Crippen molar-refractivity contribution in [3.05, 3.63) is 58.3 Å². The molecule has 0 aliphatic rings. The minimum atomic E-state index is -0.565. The minimum Gasteiger partial charge on any atom is -0.497 e. The van der Waals surface area contributed by atoms with Gasteiger partial charge in [0.2, 0.25) is 0 Å². The highest BCUT2D eigenvalue weighted by molar-refractivity contribution is 6.04. The monoisotopic (exact) mass is 355 g/mol. The Morgan fingerprint density at radius 1 is 1.27 bits per heavy atom. The third-order valence-corrected chi connectivity index (χ3v) is 3.81. The Morgan fingerprint density at radius 3 is 2.77 bits per heavy atom. The maximum atomic E-state index is 12.0. The van der Waals surface area contributed by atoms with Crippen molar-refractivity contribution in [2.75, 3.05) is 19.0 Å². The molecule has 0 fully saturated rings. The van der Waals surface area contributed by atoms with E-state index < -0.39 is 10.9 Å². The normalized spacial score (nSPS) is 10.5. The number of aromatic nitrogens is 1. The topological polar surface area (TPSA) is 106 Å². The van der Waals surface area contributed by atoms with Crippen molar-refractivity contribution in [1.82, 2.24) is 4.98 Å². The first-order chi connectivity index (χ1) is 12.5. The van der Waals surface area contributed by atoms with Crippen molar-refractivity contribution in [3.8, 4) is 5.75 Å². The number of hydrogen-bond acceptors (Lipinski definition) is 6. The van der Waals surface area contributed by atoms with Gasteiger partial charge in [-0.3, -0.25) is 10.1 Å². The zero-order chi connectivity index (χ0) is 18.7. The summed E-state index contributed by atoms with van der Waals surface area (Å²) in [6, 6.07) is 11.8. The first-order valence-corrected chi connectivity index (χ1v) is 7.91. The van der Waals surface area contributed by atoms with Crippen molar-refractivity contribution >= 4 is 33.9 Å². The van der Waals surface area contributed by atoms with Crippen LogP contribution in [-0.4, -0.2) is 29.6 Å². The molecule has 8 nitrogen and oxygen atoms in total. The number of esters is 1. The van der Waals surface area contributed by atoms with Gasteiger partial charge in [-0.2, -0.15) is 0 Å². The van der Waals surface area contributed by atoms with E-state index in [1.807, 2.05) is 18.2 Å². The van der Waals surface area contributed by atoms with Gasteiger partial charge in [-0.15, -0.1) is 0 Å². The van der Waals surface area contributed by atoms with Gasteiger partial charge in [0, 0.05) is 28.9 Å². The van der Waals surface area contributed by atoms with Crippen LogP contribution in [0.4, 0.5) is 17.1 Å². The van der Waals surface area contributed by atoms with Gasteiger partial charge < -0.3 is 19.8 Å². The number of hydrogen-bond donors (Lipinski definition) is 2. The summed E-state index contributed by atoms with van der Waals surface area (Å²) < 4.78 is 10.2. The average Bonchev–Trinajstić information content (AvgIpc) is 3.08. The molecule has 3 aromatic rings. The molecule has 0 atom stereocenters. The highest BCUT2D eigenvalue weighted by Crippen LogP contribution is 2.34. The number of benzene rings is 2. The summed E-state index contributed by atoms with van der Waals surface area (Å²) in [6.45, 7) is 1.91. The molecule has 134 valence electrons. The van der Waals surface area contributed by atoms with Gasteiger partial charge in [0.05, 0.1) is 18.6 Å². The van der Waals surface area contributed by atoms with Crippen LogP contribution in [0.25, 0.3) is 10.9 Å². The van der Waals surface area contributed by atoms with Gasteiger partial charge in [0.1, 0.15) is 17.0 Å². The summed E-state index contributed by atoms with van der Waals surface area (Å²) >= 11 is 0. The molecule has 0 radical (unpaired) electrons. The third-order valence-electron chi connectivity index (χ3n) is 3.81. The quantitative estimate of drug-likeness (QED) is 0.393. The van der Waals surface area contributed by atoms with E-state index in [1.165, 1.54) is 6.07 Å². The molecule has 26 heavy (non-hydrogen) atoms. The van der Waals surface area contributed by atoms with E-state index in [2.05, 4.69) is 10.3 Å². The lowest BCUT2D eigenvalue weighted by molar-refractivity contribution is -0.383. The molecule has 1 aromatic heterocycles. The van der Waals surface area contributed by atoms with E-state index in [0.29, 0.717) is 16.8 Å². The van der Waals surface area contributed by atoms with Crippen LogP contribution < -0.4 is 10.1 Å². The predicted molar refractivity (Wildman–Crippen MR) is 97.2 cm³/mol. The molecule has 0 saturated carbocycles. The first kappa shape index (κ1) is 17.3. The molecule has 0 unspecified atom stereocenters. The molecule has 0 aliphatic heterocycles. The molecule has 0 aliphatic carbocycles. The summed E-state index contributed by atoms with van der Waals surface area (Å²) in [5, 5.41) is 15.0. The van der Waals surface area contributed by atoms with E-state index in [1.54, 1.807) is 32.2 Å². The van der Waals surface area contributed by atoms with E-state index in [4.69, 9.17) is 9.47 Å². The highest BCUT2D eigenvalue weighted by Gasteiger charge is 2.20. The van der Waals surface area contributed by atoms with Gasteiger partial charge in [-0.1, -0.05) is 6.07 Å². The second kappa shape index (κ2) is 7.14. The number of rotatable bonds is 6. The Labute approximate surface area is 148 Å². The third kappa shape index (κ3) is 3.30. The smallest absolute Gasteiger partial charge is 0.354 e. The number of anilines is 2. The molecular formula is C18H17N3O5. The number of carbonyl (C=O) groups is 1. The first-order valence-electron chi connectivity index (χ1n) is 7.91. The number of nitrogens with one attached hydrogen (secondary N) is 2. The zero-order valence-electron chi connectivity index (χ0n) is 14.2. The Hall–Kier alpha value is -3.55. The Balaban J connectivity index is 2.08. The van der Waals surface area contributed by atoms with Gasteiger partial charge >= 0.3 is 5.97 Å². The summed E-state index contributed by atoms with van der Waals surface area (Å²) in [5.74, 6) is 0.111. The second-order valence-corrected chi connectivity index (χ2v) is 5.44. The average molecular weight is 355 g/mol. The largest absolute Gasteiger partial charge is 0.497 e.